The van der Waals surface area contributed by atoms with Crippen molar-refractivity contribution in [2.75, 3.05) is 12.3 Å². The van der Waals surface area contributed by atoms with Gasteiger partial charge in [-0.1, -0.05) is 13.8 Å². The van der Waals surface area contributed by atoms with Crippen molar-refractivity contribution < 1.29 is 5.11 Å². The third kappa shape index (κ3) is 5.20. The molecule has 1 rings (SSSR count). The van der Waals surface area contributed by atoms with Crippen LogP contribution in [0.1, 0.15) is 13.8 Å². The number of aromatic nitrogens is 2. The monoisotopic (exact) mass is 229 g/mol. The fourth-order valence-electron chi connectivity index (χ4n) is 1.10. The standard InChI is InChI=1S/C10H19N3OS/c1-8(2)11-4-9(14)7-15-10-5-12-13(3)6-10/h5-6,8-9,11,14H,4,7H2,1-3H3. The number of aryl methyl sites for hydroxylation is 1. The third-order valence-corrected chi connectivity index (χ3v) is 2.98. The molecule has 15 heavy (non-hydrogen) atoms. The minimum Gasteiger partial charge on any atom is -0.391 e. The number of aliphatic hydroxyl groups excluding tert-OH is 1. The molecule has 86 valence electrons. The summed E-state index contributed by atoms with van der Waals surface area (Å²) in [5.74, 6) is 0.700. The summed E-state index contributed by atoms with van der Waals surface area (Å²) in [6, 6.07) is 0.419. The van der Waals surface area contributed by atoms with Gasteiger partial charge in [0, 0.05) is 36.5 Å². The van der Waals surface area contributed by atoms with Crippen LogP contribution in [0.15, 0.2) is 17.3 Å². The van der Waals surface area contributed by atoms with Crippen LogP contribution >= 0.6 is 11.8 Å². The van der Waals surface area contributed by atoms with Crippen LogP contribution in [0, 0.1) is 0 Å². The lowest BCUT2D eigenvalue weighted by molar-refractivity contribution is 0.192. The Morgan fingerprint density at radius 3 is 2.87 bits per heavy atom. The largest absolute Gasteiger partial charge is 0.391 e. The Morgan fingerprint density at radius 1 is 1.60 bits per heavy atom. The van der Waals surface area contributed by atoms with Gasteiger partial charge in [0.1, 0.15) is 0 Å². The first-order valence-electron chi connectivity index (χ1n) is 5.11. The second-order valence-corrected chi connectivity index (χ2v) is 4.97. The summed E-state index contributed by atoms with van der Waals surface area (Å²) in [6.45, 7) is 4.78. The fraction of sp³-hybridized carbons (Fsp3) is 0.700. The molecule has 4 nitrogen and oxygen atoms in total. The van der Waals surface area contributed by atoms with Gasteiger partial charge < -0.3 is 10.4 Å². The van der Waals surface area contributed by atoms with E-state index in [0.717, 1.165) is 4.90 Å². The maximum atomic E-state index is 9.66. The van der Waals surface area contributed by atoms with E-state index in [1.807, 2.05) is 19.4 Å². The Labute approximate surface area is 95.1 Å². The smallest absolute Gasteiger partial charge is 0.0758 e. The molecule has 0 aliphatic heterocycles. The van der Waals surface area contributed by atoms with Crippen molar-refractivity contribution in [3.63, 3.8) is 0 Å². The first-order valence-corrected chi connectivity index (χ1v) is 6.09. The number of nitrogens with one attached hydrogen (secondary N) is 1. The van der Waals surface area contributed by atoms with Crippen molar-refractivity contribution in [3.05, 3.63) is 12.4 Å². The molecule has 0 aliphatic carbocycles. The zero-order valence-electron chi connectivity index (χ0n) is 9.47. The van der Waals surface area contributed by atoms with E-state index in [1.54, 1.807) is 16.4 Å². The molecule has 0 fully saturated rings. The van der Waals surface area contributed by atoms with Gasteiger partial charge in [0.25, 0.3) is 0 Å². The van der Waals surface area contributed by atoms with Gasteiger partial charge in [-0.15, -0.1) is 11.8 Å². The second-order valence-electron chi connectivity index (χ2n) is 3.88. The van der Waals surface area contributed by atoms with Crippen LogP contribution < -0.4 is 5.32 Å². The van der Waals surface area contributed by atoms with Crippen molar-refractivity contribution in [3.8, 4) is 0 Å². The molecule has 1 atom stereocenters. The van der Waals surface area contributed by atoms with Crippen molar-refractivity contribution in [1.82, 2.24) is 15.1 Å². The number of thioether (sulfide) groups is 1. The molecule has 0 spiro atoms. The molecule has 0 saturated heterocycles. The van der Waals surface area contributed by atoms with E-state index in [1.165, 1.54) is 0 Å². The number of hydrogen-bond acceptors (Lipinski definition) is 4. The number of rotatable bonds is 6. The molecule has 0 aliphatic rings. The van der Waals surface area contributed by atoms with E-state index < -0.39 is 0 Å². The van der Waals surface area contributed by atoms with Crippen LogP contribution in [0.25, 0.3) is 0 Å². The summed E-state index contributed by atoms with van der Waals surface area (Å²) < 4.78 is 1.76. The highest BCUT2D eigenvalue weighted by Gasteiger charge is 2.06. The Bertz CT molecular complexity index is 288. The molecule has 1 heterocycles. The van der Waals surface area contributed by atoms with E-state index in [4.69, 9.17) is 0 Å². The van der Waals surface area contributed by atoms with Gasteiger partial charge in [0.15, 0.2) is 0 Å². The molecule has 5 heteroatoms. The first-order chi connectivity index (χ1) is 7.08. The van der Waals surface area contributed by atoms with Gasteiger partial charge in [-0.3, -0.25) is 4.68 Å². The van der Waals surface area contributed by atoms with Gasteiger partial charge in [0.05, 0.1) is 12.3 Å². The van der Waals surface area contributed by atoms with Crippen molar-refractivity contribution in [1.29, 1.82) is 0 Å². The SMILES string of the molecule is CC(C)NCC(O)CSc1cnn(C)c1. The van der Waals surface area contributed by atoms with E-state index in [0.29, 0.717) is 18.3 Å². The summed E-state index contributed by atoms with van der Waals surface area (Å²) in [5, 5.41) is 16.9. The fourth-order valence-corrected chi connectivity index (χ4v) is 1.95. The molecular formula is C10H19N3OS. The van der Waals surface area contributed by atoms with E-state index in [-0.39, 0.29) is 6.10 Å². The van der Waals surface area contributed by atoms with Gasteiger partial charge in [-0.25, -0.2) is 0 Å². The molecule has 0 aromatic carbocycles. The van der Waals surface area contributed by atoms with E-state index in [2.05, 4.69) is 24.3 Å². The zero-order valence-corrected chi connectivity index (χ0v) is 10.3. The molecule has 1 aromatic rings. The van der Waals surface area contributed by atoms with Gasteiger partial charge in [-0.05, 0) is 0 Å². The second kappa shape index (κ2) is 6.15. The highest BCUT2D eigenvalue weighted by molar-refractivity contribution is 7.99. The number of hydrogen-bond donors (Lipinski definition) is 2. The average Bonchev–Trinajstić information content (AvgIpc) is 2.58. The topological polar surface area (TPSA) is 50.1 Å². The highest BCUT2D eigenvalue weighted by Crippen LogP contribution is 2.16. The molecule has 0 amide bonds. The molecule has 2 N–H and O–H groups in total. The van der Waals surface area contributed by atoms with Gasteiger partial charge >= 0.3 is 0 Å². The Kier molecular flexibility index (Phi) is 5.14. The molecule has 0 bridgehead atoms. The minimum atomic E-state index is -0.308. The lowest BCUT2D eigenvalue weighted by Crippen LogP contribution is -2.33. The first kappa shape index (κ1) is 12.5. The van der Waals surface area contributed by atoms with E-state index >= 15 is 0 Å². The van der Waals surface area contributed by atoms with Gasteiger partial charge in [0.2, 0.25) is 0 Å². The van der Waals surface area contributed by atoms with Crippen LogP contribution in [0.2, 0.25) is 0 Å². The van der Waals surface area contributed by atoms with Crippen LogP contribution in [0.4, 0.5) is 0 Å². The van der Waals surface area contributed by atoms with Crippen LogP contribution in [0.5, 0.6) is 0 Å². The number of nitrogens with zero attached hydrogens (tertiary/aromatic N) is 2. The summed E-state index contributed by atoms with van der Waals surface area (Å²) >= 11 is 1.63. The maximum absolute atomic E-state index is 9.66. The van der Waals surface area contributed by atoms with Crippen molar-refractivity contribution in [2.45, 2.75) is 30.9 Å². The quantitative estimate of drug-likeness (QED) is 0.711. The lowest BCUT2D eigenvalue weighted by atomic mass is 10.3. The zero-order chi connectivity index (χ0) is 11.3. The molecule has 1 aromatic heterocycles. The predicted octanol–water partition coefficient (Wildman–Crippen LogP) is 0.871. The van der Waals surface area contributed by atoms with Crippen LogP contribution in [0.3, 0.4) is 0 Å². The normalized spacial score (nSPS) is 13.4. The molecule has 1 unspecified atom stereocenters. The average molecular weight is 229 g/mol. The molecule has 0 radical (unpaired) electrons. The van der Waals surface area contributed by atoms with Crippen molar-refractivity contribution >= 4 is 11.8 Å². The van der Waals surface area contributed by atoms with Crippen molar-refractivity contribution in [2.24, 2.45) is 7.05 Å². The summed E-state index contributed by atoms with van der Waals surface area (Å²) in [5.41, 5.74) is 0. The van der Waals surface area contributed by atoms with E-state index in [9.17, 15) is 5.11 Å². The molecule has 0 saturated carbocycles. The summed E-state index contributed by atoms with van der Waals surface area (Å²) in [7, 11) is 1.89. The lowest BCUT2D eigenvalue weighted by Gasteiger charge is -2.12. The highest BCUT2D eigenvalue weighted by atomic mass is 32.2. The summed E-state index contributed by atoms with van der Waals surface area (Å²) in [4.78, 5) is 1.10. The molecular weight excluding hydrogens is 210 g/mol. The summed E-state index contributed by atoms with van der Waals surface area (Å²) in [6.07, 6.45) is 3.46. The van der Waals surface area contributed by atoms with Crippen LogP contribution in [-0.4, -0.2) is 39.3 Å². The predicted molar refractivity (Wildman–Crippen MR) is 63.1 cm³/mol. The third-order valence-electron chi connectivity index (χ3n) is 1.89. The maximum Gasteiger partial charge on any atom is 0.0758 e. The Morgan fingerprint density at radius 2 is 2.33 bits per heavy atom. The Balaban J connectivity index is 2.19. The number of aliphatic hydroxyl groups is 1. The van der Waals surface area contributed by atoms with Gasteiger partial charge in [-0.2, -0.15) is 5.10 Å². The minimum absolute atomic E-state index is 0.308. The van der Waals surface area contributed by atoms with Crippen LogP contribution in [-0.2, 0) is 7.05 Å². The Hall–Kier alpha value is -0.520.